The number of rotatable bonds is 1. The van der Waals surface area contributed by atoms with Crippen molar-refractivity contribution in [3.05, 3.63) is 34.7 Å². The van der Waals surface area contributed by atoms with E-state index in [2.05, 4.69) is 5.18 Å². The van der Waals surface area contributed by atoms with E-state index < -0.39 is 0 Å². The average Bonchev–Trinajstić information content (AvgIpc) is 2.25. The van der Waals surface area contributed by atoms with Gasteiger partial charge in [0.15, 0.2) is 0 Å². The van der Waals surface area contributed by atoms with Gasteiger partial charge >= 0.3 is 0 Å². The Hall–Kier alpha value is -1.38. The van der Waals surface area contributed by atoms with Gasteiger partial charge in [0, 0.05) is 12.0 Å². The van der Waals surface area contributed by atoms with Crippen LogP contribution < -0.4 is 4.74 Å². The van der Waals surface area contributed by atoms with Gasteiger partial charge in [-0.1, -0.05) is 23.4 Å². The van der Waals surface area contributed by atoms with Gasteiger partial charge in [-0.15, -0.1) is 0 Å². The van der Waals surface area contributed by atoms with E-state index >= 15 is 0 Å². The van der Waals surface area contributed by atoms with Crippen molar-refractivity contribution < 1.29 is 4.74 Å². The summed E-state index contributed by atoms with van der Waals surface area (Å²) in [6, 6.07) is 7.53. The first-order valence-electron chi connectivity index (χ1n) is 5.43. The number of nitrogens with zero attached hydrogens (tertiary/aromatic N) is 1. The molecule has 1 atom stereocenters. The molecule has 1 spiro atoms. The molecule has 1 aromatic rings. The molecule has 3 heteroatoms. The van der Waals surface area contributed by atoms with Gasteiger partial charge in [0.05, 0.1) is 0 Å². The molecule has 0 saturated heterocycles. The standard InChI is InChI=1S/C12H13NO2/c14-13-10-8-12(6-3-7-12)15-11-5-2-1-4-9(10)11/h1-2,4-5,10H,3,6-8H2. The third-order valence-electron chi connectivity index (χ3n) is 3.56. The molecule has 0 aromatic heterocycles. The molecule has 1 saturated carbocycles. The van der Waals surface area contributed by atoms with Gasteiger partial charge in [0.25, 0.3) is 0 Å². The number of hydrogen-bond acceptors (Lipinski definition) is 3. The summed E-state index contributed by atoms with van der Waals surface area (Å²) in [7, 11) is 0. The molecule has 1 aliphatic carbocycles. The average molecular weight is 203 g/mol. The SMILES string of the molecule is O=NC1CC2(CCC2)Oc2ccccc21. The predicted octanol–water partition coefficient (Wildman–Crippen LogP) is 3.20. The molecule has 0 amide bonds. The lowest BCUT2D eigenvalue weighted by molar-refractivity contribution is -0.0328. The predicted molar refractivity (Wildman–Crippen MR) is 56.8 cm³/mol. The Morgan fingerprint density at radius 2 is 2.13 bits per heavy atom. The molecule has 1 fully saturated rings. The first-order chi connectivity index (χ1) is 7.33. The van der Waals surface area contributed by atoms with Gasteiger partial charge in [-0.3, -0.25) is 0 Å². The highest BCUT2D eigenvalue weighted by Crippen LogP contribution is 2.49. The van der Waals surface area contributed by atoms with Crippen LogP contribution in [0.1, 0.15) is 37.3 Å². The summed E-state index contributed by atoms with van der Waals surface area (Å²) in [6.07, 6.45) is 4.09. The zero-order chi connectivity index (χ0) is 10.3. The Kier molecular flexibility index (Phi) is 1.81. The second kappa shape index (κ2) is 3.05. The maximum absolute atomic E-state index is 10.8. The van der Waals surface area contributed by atoms with Crippen LogP contribution in [-0.2, 0) is 0 Å². The quantitative estimate of drug-likeness (QED) is 0.657. The first-order valence-corrected chi connectivity index (χ1v) is 5.43. The smallest absolute Gasteiger partial charge is 0.125 e. The summed E-state index contributed by atoms with van der Waals surface area (Å²) < 4.78 is 5.99. The van der Waals surface area contributed by atoms with Crippen molar-refractivity contribution in [2.24, 2.45) is 5.18 Å². The lowest BCUT2D eigenvalue weighted by atomic mass is 9.73. The zero-order valence-corrected chi connectivity index (χ0v) is 8.48. The topological polar surface area (TPSA) is 38.7 Å². The maximum Gasteiger partial charge on any atom is 0.125 e. The molecule has 3 rings (SSSR count). The van der Waals surface area contributed by atoms with E-state index in [-0.39, 0.29) is 11.6 Å². The Labute approximate surface area is 88.4 Å². The normalized spacial score (nSPS) is 26.3. The molecule has 1 aliphatic heterocycles. The minimum atomic E-state index is -0.213. The van der Waals surface area contributed by atoms with Crippen molar-refractivity contribution in [1.29, 1.82) is 0 Å². The monoisotopic (exact) mass is 203 g/mol. The number of ether oxygens (including phenoxy) is 1. The second-order valence-electron chi connectivity index (χ2n) is 4.50. The minimum Gasteiger partial charge on any atom is -0.487 e. The molecule has 2 aliphatic rings. The van der Waals surface area contributed by atoms with E-state index in [1.165, 1.54) is 6.42 Å². The molecule has 15 heavy (non-hydrogen) atoms. The van der Waals surface area contributed by atoms with Gasteiger partial charge in [-0.2, -0.15) is 4.91 Å². The summed E-state index contributed by atoms with van der Waals surface area (Å²) in [5.74, 6) is 0.855. The van der Waals surface area contributed by atoms with Crippen LogP contribution >= 0.6 is 0 Å². The van der Waals surface area contributed by atoms with Crippen LogP contribution in [0.4, 0.5) is 0 Å². The maximum atomic E-state index is 10.8. The molecule has 3 nitrogen and oxygen atoms in total. The highest BCUT2D eigenvalue weighted by Gasteiger charge is 2.45. The van der Waals surface area contributed by atoms with Crippen LogP contribution in [0.15, 0.2) is 29.4 Å². The van der Waals surface area contributed by atoms with Crippen LogP contribution in [-0.4, -0.2) is 5.60 Å². The van der Waals surface area contributed by atoms with Gasteiger partial charge in [-0.05, 0) is 25.3 Å². The summed E-state index contributed by atoms with van der Waals surface area (Å²) in [5.41, 5.74) is 0.873. The molecule has 78 valence electrons. The van der Waals surface area contributed by atoms with Crippen LogP contribution in [0.5, 0.6) is 5.75 Å². The molecular formula is C12H13NO2. The fraction of sp³-hybridized carbons (Fsp3) is 0.500. The fourth-order valence-corrected chi connectivity index (χ4v) is 2.56. The number of fused-ring (bicyclic) bond motifs is 1. The van der Waals surface area contributed by atoms with E-state index in [4.69, 9.17) is 4.74 Å². The minimum absolute atomic E-state index is 0.0765. The van der Waals surface area contributed by atoms with E-state index in [1.54, 1.807) is 0 Å². The van der Waals surface area contributed by atoms with Gasteiger partial charge < -0.3 is 4.74 Å². The van der Waals surface area contributed by atoms with Gasteiger partial charge in [-0.25, -0.2) is 0 Å². The Bertz CT molecular complexity index is 398. The van der Waals surface area contributed by atoms with Crippen molar-refractivity contribution in [2.45, 2.75) is 37.3 Å². The summed E-state index contributed by atoms with van der Waals surface area (Å²) >= 11 is 0. The summed E-state index contributed by atoms with van der Waals surface area (Å²) in [6.45, 7) is 0. The van der Waals surface area contributed by atoms with E-state index in [1.807, 2.05) is 24.3 Å². The largest absolute Gasteiger partial charge is 0.487 e. The third kappa shape index (κ3) is 1.26. The van der Waals surface area contributed by atoms with Crippen molar-refractivity contribution in [2.75, 3.05) is 0 Å². The summed E-state index contributed by atoms with van der Waals surface area (Å²) in [5, 5.41) is 3.24. The van der Waals surface area contributed by atoms with Crippen LogP contribution in [0, 0.1) is 4.91 Å². The molecule has 0 N–H and O–H groups in total. The number of benzene rings is 1. The van der Waals surface area contributed by atoms with Crippen molar-refractivity contribution in [1.82, 2.24) is 0 Å². The number of nitroso groups, excluding NO2 is 1. The first kappa shape index (κ1) is 8.89. The molecule has 0 radical (unpaired) electrons. The van der Waals surface area contributed by atoms with Gasteiger partial charge in [0.2, 0.25) is 0 Å². The Morgan fingerprint density at radius 3 is 2.80 bits per heavy atom. The highest BCUT2D eigenvalue weighted by atomic mass is 16.5. The van der Waals surface area contributed by atoms with Crippen molar-refractivity contribution in [3.63, 3.8) is 0 Å². The summed E-state index contributed by atoms with van der Waals surface area (Å²) in [4.78, 5) is 10.8. The molecule has 1 unspecified atom stereocenters. The van der Waals surface area contributed by atoms with Crippen LogP contribution in [0.2, 0.25) is 0 Å². The Morgan fingerprint density at radius 1 is 1.33 bits per heavy atom. The zero-order valence-electron chi connectivity index (χ0n) is 8.48. The lowest BCUT2D eigenvalue weighted by Gasteiger charge is -2.46. The third-order valence-corrected chi connectivity index (χ3v) is 3.56. The van der Waals surface area contributed by atoms with Crippen molar-refractivity contribution >= 4 is 0 Å². The molecule has 1 heterocycles. The second-order valence-corrected chi connectivity index (χ2v) is 4.50. The Balaban J connectivity index is 2.02. The lowest BCUT2D eigenvalue weighted by Crippen LogP contribution is -2.46. The van der Waals surface area contributed by atoms with E-state index in [0.717, 1.165) is 30.6 Å². The van der Waals surface area contributed by atoms with Gasteiger partial charge in [0.1, 0.15) is 17.4 Å². The molecule has 0 bridgehead atoms. The van der Waals surface area contributed by atoms with Crippen molar-refractivity contribution in [3.8, 4) is 5.75 Å². The van der Waals surface area contributed by atoms with E-state index in [0.29, 0.717) is 0 Å². The number of para-hydroxylation sites is 1. The molecule has 1 aromatic carbocycles. The van der Waals surface area contributed by atoms with E-state index in [9.17, 15) is 4.91 Å². The highest BCUT2D eigenvalue weighted by molar-refractivity contribution is 5.39. The van der Waals surface area contributed by atoms with Crippen LogP contribution in [0.25, 0.3) is 0 Å². The van der Waals surface area contributed by atoms with Crippen LogP contribution in [0.3, 0.4) is 0 Å². The fourth-order valence-electron chi connectivity index (χ4n) is 2.56. The number of hydrogen-bond donors (Lipinski definition) is 0. The molecular weight excluding hydrogens is 190 g/mol.